The molecule has 0 atom stereocenters. The molecule has 0 amide bonds. The molecule has 1 saturated carbocycles. The Kier molecular flexibility index (Phi) is 3.74. The van der Waals surface area contributed by atoms with Gasteiger partial charge in [0.2, 0.25) is 0 Å². The number of nitrogens with two attached hydrogens (primary N) is 1. The minimum absolute atomic E-state index is 0.179. The van der Waals surface area contributed by atoms with Gasteiger partial charge in [0, 0.05) is 4.88 Å². The van der Waals surface area contributed by atoms with Crippen molar-refractivity contribution >= 4 is 22.7 Å². The molecular formula is C15H20N2S2. The first kappa shape index (κ1) is 13.3. The average molecular weight is 292 g/mol. The summed E-state index contributed by atoms with van der Waals surface area (Å²) < 4.78 is 0. The Balaban J connectivity index is 1.95. The molecule has 2 heterocycles. The summed E-state index contributed by atoms with van der Waals surface area (Å²) in [6, 6.07) is 4.23. The number of thiazole rings is 1. The van der Waals surface area contributed by atoms with Crippen molar-refractivity contribution in [3.8, 4) is 10.6 Å². The third-order valence-corrected chi connectivity index (χ3v) is 6.04. The van der Waals surface area contributed by atoms with Gasteiger partial charge in [-0.3, -0.25) is 0 Å². The fourth-order valence-electron chi connectivity index (χ4n) is 2.82. The van der Waals surface area contributed by atoms with E-state index in [4.69, 9.17) is 10.7 Å². The third-order valence-electron chi connectivity index (χ3n) is 3.97. The van der Waals surface area contributed by atoms with E-state index in [1.54, 1.807) is 22.7 Å². The highest BCUT2D eigenvalue weighted by Crippen LogP contribution is 2.39. The molecule has 1 aliphatic rings. The van der Waals surface area contributed by atoms with E-state index in [0.717, 1.165) is 23.5 Å². The molecule has 1 fully saturated rings. The molecule has 0 spiro atoms. The SMILES string of the molecule is Cc1sc(C2(N)CCCCCC2)nc1-c1cccs1. The molecular weight excluding hydrogens is 272 g/mol. The third kappa shape index (κ3) is 2.62. The number of rotatable bonds is 2. The summed E-state index contributed by atoms with van der Waals surface area (Å²) in [4.78, 5) is 7.45. The van der Waals surface area contributed by atoms with Gasteiger partial charge in [-0.25, -0.2) is 4.98 Å². The van der Waals surface area contributed by atoms with Crippen LogP contribution in [0.5, 0.6) is 0 Å². The second kappa shape index (κ2) is 5.35. The van der Waals surface area contributed by atoms with Crippen LogP contribution in [0.25, 0.3) is 10.6 Å². The molecule has 2 aromatic heterocycles. The molecule has 102 valence electrons. The van der Waals surface area contributed by atoms with E-state index in [0.29, 0.717) is 0 Å². The van der Waals surface area contributed by atoms with Crippen LogP contribution in [0.15, 0.2) is 17.5 Å². The van der Waals surface area contributed by atoms with Crippen LogP contribution >= 0.6 is 22.7 Å². The predicted octanol–water partition coefficient (Wildman–Crippen LogP) is 4.69. The molecule has 2 aromatic rings. The van der Waals surface area contributed by atoms with Crippen molar-refractivity contribution < 1.29 is 0 Å². The van der Waals surface area contributed by atoms with Gasteiger partial charge in [0.15, 0.2) is 0 Å². The van der Waals surface area contributed by atoms with Crippen molar-refractivity contribution in [3.63, 3.8) is 0 Å². The minimum Gasteiger partial charge on any atom is -0.319 e. The second-order valence-electron chi connectivity index (χ2n) is 5.47. The first-order chi connectivity index (χ1) is 9.19. The summed E-state index contributed by atoms with van der Waals surface area (Å²) in [6.45, 7) is 2.16. The van der Waals surface area contributed by atoms with Gasteiger partial charge in [0.25, 0.3) is 0 Å². The highest BCUT2D eigenvalue weighted by atomic mass is 32.1. The Morgan fingerprint density at radius 2 is 1.95 bits per heavy atom. The summed E-state index contributed by atoms with van der Waals surface area (Å²) in [5, 5.41) is 3.26. The molecule has 1 aliphatic carbocycles. The lowest BCUT2D eigenvalue weighted by Gasteiger charge is -2.25. The zero-order chi connectivity index (χ0) is 13.3. The molecule has 0 radical (unpaired) electrons. The summed E-state index contributed by atoms with van der Waals surface area (Å²) in [5.74, 6) is 0. The molecule has 0 aliphatic heterocycles. The lowest BCUT2D eigenvalue weighted by molar-refractivity contribution is 0.384. The molecule has 4 heteroatoms. The Labute approximate surface area is 122 Å². The zero-order valence-corrected chi connectivity index (χ0v) is 12.9. The van der Waals surface area contributed by atoms with Crippen molar-refractivity contribution in [1.29, 1.82) is 0 Å². The van der Waals surface area contributed by atoms with Crippen LogP contribution in [0.4, 0.5) is 0 Å². The summed E-state index contributed by atoms with van der Waals surface area (Å²) in [6.07, 6.45) is 7.29. The van der Waals surface area contributed by atoms with E-state index in [2.05, 4.69) is 24.4 Å². The van der Waals surface area contributed by atoms with E-state index >= 15 is 0 Å². The van der Waals surface area contributed by atoms with E-state index in [1.165, 1.54) is 35.4 Å². The van der Waals surface area contributed by atoms with Crippen molar-refractivity contribution in [3.05, 3.63) is 27.4 Å². The molecule has 2 nitrogen and oxygen atoms in total. The molecule has 0 bridgehead atoms. The van der Waals surface area contributed by atoms with Crippen LogP contribution in [0.2, 0.25) is 0 Å². The largest absolute Gasteiger partial charge is 0.319 e. The number of aromatic nitrogens is 1. The Bertz CT molecular complexity index is 535. The van der Waals surface area contributed by atoms with Crippen LogP contribution < -0.4 is 5.73 Å². The highest BCUT2D eigenvalue weighted by molar-refractivity contribution is 7.15. The fourth-order valence-corrected chi connectivity index (χ4v) is 4.75. The molecule has 0 aromatic carbocycles. The van der Waals surface area contributed by atoms with Crippen LogP contribution in [0, 0.1) is 6.92 Å². The van der Waals surface area contributed by atoms with Gasteiger partial charge in [0.05, 0.1) is 16.1 Å². The number of nitrogens with zero attached hydrogens (tertiary/aromatic N) is 1. The van der Waals surface area contributed by atoms with Crippen molar-refractivity contribution in [1.82, 2.24) is 4.98 Å². The standard InChI is InChI=1S/C15H20N2S2/c1-11-13(12-7-6-10-18-12)17-14(19-11)15(16)8-4-2-3-5-9-15/h6-7,10H,2-5,8-9,16H2,1H3. The maximum Gasteiger partial charge on any atom is 0.113 e. The molecule has 0 unspecified atom stereocenters. The lowest BCUT2D eigenvalue weighted by Crippen LogP contribution is -2.35. The normalized spacial score (nSPS) is 19.3. The summed E-state index contributed by atoms with van der Waals surface area (Å²) in [7, 11) is 0. The van der Waals surface area contributed by atoms with E-state index in [1.807, 2.05) is 0 Å². The van der Waals surface area contributed by atoms with E-state index < -0.39 is 0 Å². The summed E-state index contributed by atoms with van der Waals surface area (Å²) in [5.41, 5.74) is 7.63. The van der Waals surface area contributed by atoms with Gasteiger partial charge >= 0.3 is 0 Å². The maximum absolute atomic E-state index is 6.67. The first-order valence-electron chi connectivity index (χ1n) is 7.00. The Morgan fingerprint density at radius 3 is 2.58 bits per heavy atom. The maximum atomic E-state index is 6.67. The van der Waals surface area contributed by atoms with Crippen molar-refractivity contribution in [2.75, 3.05) is 0 Å². The van der Waals surface area contributed by atoms with Gasteiger partial charge < -0.3 is 5.73 Å². The molecule has 0 saturated heterocycles. The van der Waals surface area contributed by atoms with Gasteiger partial charge in [0.1, 0.15) is 5.01 Å². The monoisotopic (exact) mass is 292 g/mol. The van der Waals surface area contributed by atoms with Crippen LogP contribution in [0.3, 0.4) is 0 Å². The molecule has 2 N–H and O–H groups in total. The molecule has 19 heavy (non-hydrogen) atoms. The van der Waals surface area contributed by atoms with Gasteiger partial charge in [-0.15, -0.1) is 22.7 Å². The van der Waals surface area contributed by atoms with Gasteiger partial charge in [-0.2, -0.15) is 0 Å². The minimum atomic E-state index is -0.179. The Hall–Kier alpha value is -0.710. The van der Waals surface area contributed by atoms with Crippen LogP contribution in [0.1, 0.15) is 48.4 Å². The van der Waals surface area contributed by atoms with Crippen LogP contribution in [-0.2, 0) is 5.54 Å². The molecule has 3 rings (SSSR count). The number of hydrogen-bond acceptors (Lipinski definition) is 4. The van der Waals surface area contributed by atoms with Crippen molar-refractivity contribution in [2.45, 2.75) is 51.0 Å². The van der Waals surface area contributed by atoms with Crippen LogP contribution in [-0.4, -0.2) is 4.98 Å². The smallest absolute Gasteiger partial charge is 0.113 e. The number of thiophene rings is 1. The van der Waals surface area contributed by atoms with E-state index in [9.17, 15) is 0 Å². The number of aryl methyl sites for hydroxylation is 1. The lowest BCUT2D eigenvalue weighted by atomic mass is 9.92. The topological polar surface area (TPSA) is 38.9 Å². The summed E-state index contributed by atoms with van der Waals surface area (Å²) >= 11 is 3.55. The zero-order valence-electron chi connectivity index (χ0n) is 11.3. The Morgan fingerprint density at radius 1 is 1.21 bits per heavy atom. The average Bonchev–Trinajstić information content (AvgIpc) is 2.98. The highest BCUT2D eigenvalue weighted by Gasteiger charge is 2.32. The quantitative estimate of drug-likeness (QED) is 0.816. The first-order valence-corrected chi connectivity index (χ1v) is 8.69. The fraction of sp³-hybridized carbons (Fsp3) is 0.533. The second-order valence-corrected chi connectivity index (χ2v) is 7.62. The van der Waals surface area contributed by atoms with Crippen molar-refractivity contribution in [2.24, 2.45) is 5.73 Å². The predicted molar refractivity (Wildman–Crippen MR) is 83.7 cm³/mol. The van der Waals surface area contributed by atoms with Gasteiger partial charge in [-0.1, -0.05) is 31.7 Å². The number of hydrogen-bond donors (Lipinski definition) is 1. The van der Waals surface area contributed by atoms with E-state index in [-0.39, 0.29) is 5.54 Å². The van der Waals surface area contributed by atoms with Gasteiger partial charge in [-0.05, 0) is 31.2 Å².